The Balaban J connectivity index is 2.86. The molecule has 0 fully saturated rings. The van der Waals surface area contributed by atoms with Crippen molar-refractivity contribution < 1.29 is 14.9 Å². The molecule has 1 aliphatic rings. The smallest absolute Gasteiger partial charge is 0.161 e. The number of hydrogen-bond acceptors (Lipinski definition) is 3. The minimum absolute atomic E-state index is 0.0813. The number of hydrogen-bond donors (Lipinski definition) is 1. The molecule has 74 valence electrons. The van der Waals surface area contributed by atoms with Crippen LogP contribution in [0.4, 0.5) is 0 Å². The number of carbonyl (C=O) groups excluding carboxylic acids is 1. The predicted octanol–water partition coefficient (Wildman–Crippen LogP) is 2.18. The molecule has 0 saturated carbocycles. The number of Topliss-reactive ketones (excluding diaryl/α,β-unsaturated/α-hetero) is 1. The molecule has 0 spiro atoms. The standard InChI is InChI=1S/C10H16O3/c1-7-4-5-8(9(11)6-7)10(2,3)13-12/h5,7,12H,4,6H2,1-3H3. The van der Waals surface area contributed by atoms with Gasteiger partial charge in [0.05, 0.1) is 0 Å². The predicted molar refractivity (Wildman–Crippen MR) is 49.3 cm³/mol. The van der Waals surface area contributed by atoms with Crippen LogP contribution in [-0.2, 0) is 9.68 Å². The quantitative estimate of drug-likeness (QED) is 0.528. The number of ketones is 1. The monoisotopic (exact) mass is 184 g/mol. The number of rotatable bonds is 2. The Labute approximate surface area is 78.3 Å². The molecule has 0 aliphatic heterocycles. The molecule has 1 rings (SSSR count). The molecule has 0 radical (unpaired) electrons. The van der Waals surface area contributed by atoms with E-state index in [1.165, 1.54) is 0 Å². The van der Waals surface area contributed by atoms with E-state index in [-0.39, 0.29) is 5.78 Å². The Morgan fingerprint density at radius 3 is 2.69 bits per heavy atom. The third kappa shape index (κ3) is 2.17. The van der Waals surface area contributed by atoms with Gasteiger partial charge >= 0.3 is 0 Å². The molecule has 0 aromatic rings. The van der Waals surface area contributed by atoms with Gasteiger partial charge < -0.3 is 0 Å². The van der Waals surface area contributed by atoms with E-state index >= 15 is 0 Å². The van der Waals surface area contributed by atoms with Crippen LogP contribution in [0.25, 0.3) is 0 Å². The summed E-state index contributed by atoms with van der Waals surface area (Å²) in [7, 11) is 0. The lowest BCUT2D eigenvalue weighted by atomic mass is 9.83. The Hall–Kier alpha value is -0.670. The molecule has 1 atom stereocenters. The van der Waals surface area contributed by atoms with Crippen molar-refractivity contribution in [2.24, 2.45) is 5.92 Å². The summed E-state index contributed by atoms with van der Waals surface area (Å²) in [5, 5.41) is 8.64. The second kappa shape index (κ2) is 3.60. The van der Waals surface area contributed by atoms with E-state index in [1.807, 2.05) is 13.0 Å². The van der Waals surface area contributed by atoms with Crippen molar-refractivity contribution in [3.63, 3.8) is 0 Å². The van der Waals surface area contributed by atoms with Crippen molar-refractivity contribution in [3.8, 4) is 0 Å². The van der Waals surface area contributed by atoms with Crippen molar-refractivity contribution in [1.29, 1.82) is 0 Å². The fourth-order valence-electron chi connectivity index (χ4n) is 1.57. The van der Waals surface area contributed by atoms with Gasteiger partial charge in [0.25, 0.3) is 0 Å². The molecule has 0 saturated heterocycles. The summed E-state index contributed by atoms with van der Waals surface area (Å²) < 4.78 is 0. The molecule has 0 bridgehead atoms. The number of allylic oxidation sites excluding steroid dienone is 1. The largest absolute Gasteiger partial charge is 0.294 e. The lowest BCUT2D eigenvalue weighted by Gasteiger charge is -2.27. The van der Waals surface area contributed by atoms with E-state index in [0.29, 0.717) is 17.9 Å². The van der Waals surface area contributed by atoms with Crippen LogP contribution in [0.2, 0.25) is 0 Å². The molecule has 1 aliphatic carbocycles. The van der Waals surface area contributed by atoms with E-state index in [9.17, 15) is 4.79 Å². The van der Waals surface area contributed by atoms with Crippen LogP contribution in [0.15, 0.2) is 11.6 Å². The van der Waals surface area contributed by atoms with Gasteiger partial charge in [0, 0.05) is 12.0 Å². The van der Waals surface area contributed by atoms with Gasteiger partial charge in [-0.3, -0.25) is 10.1 Å². The first-order valence-corrected chi connectivity index (χ1v) is 4.54. The Morgan fingerprint density at radius 1 is 1.62 bits per heavy atom. The van der Waals surface area contributed by atoms with Gasteiger partial charge in [0.2, 0.25) is 0 Å². The molecule has 1 unspecified atom stereocenters. The zero-order valence-corrected chi connectivity index (χ0v) is 8.33. The second-order valence-corrected chi connectivity index (χ2v) is 4.19. The molecule has 0 amide bonds. The molecule has 0 aromatic carbocycles. The van der Waals surface area contributed by atoms with Gasteiger partial charge in [-0.1, -0.05) is 13.0 Å². The molecule has 0 aromatic heterocycles. The van der Waals surface area contributed by atoms with Crippen LogP contribution in [0.5, 0.6) is 0 Å². The molecule has 13 heavy (non-hydrogen) atoms. The van der Waals surface area contributed by atoms with Crippen LogP contribution >= 0.6 is 0 Å². The zero-order chi connectivity index (χ0) is 10.1. The Kier molecular flexibility index (Phi) is 2.88. The zero-order valence-electron chi connectivity index (χ0n) is 8.33. The van der Waals surface area contributed by atoms with Crippen LogP contribution in [0.3, 0.4) is 0 Å². The summed E-state index contributed by atoms with van der Waals surface area (Å²) in [5.41, 5.74) is -0.273. The van der Waals surface area contributed by atoms with Gasteiger partial charge in [-0.25, -0.2) is 4.89 Å². The van der Waals surface area contributed by atoms with E-state index in [4.69, 9.17) is 5.26 Å². The molecule has 3 nitrogen and oxygen atoms in total. The van der Waals surface area contributed by atoms with Gasteiger partial charge in [-0.05, 0) is 26.2 Å². The summed E-state index contributed by atoms with van der Waals surface area (Å²) in [5.74, 6) is 0.489. The first-order chi connectivity index (χ1) is 5.97. The van der Waals surface area contributed by atoms with E-state index in [0.717, 1.165) is 6.42 Å². The summed E-state index contributed by atoms with van der Waals surface area (Å²) in [6.45, 7) is 5.41. The van der Waals surface area contributed by atoms with Crippen LogP contribution in [-0.4, -0.2) is 16.6 Å². The van der Waals surface area contributed by atoms with Gasteiger partial charge in [0.1, 0.15) is 5.60 Å². The second-order valence-electron chi connectivity index (χ2n) is 4.19. The topological polar surface area (TPSA) is 46.5 Å². The van der Waals surface area contributed by atoms with Crippen molar-refractivity contribution in [2.75, 3.05) is 0 Å². The average Bonchev–Trinajstić information content (AvgIpc) is 2.03. The Bertz CT molecular complexity index is 241. The molecular formula is C10H16O3. The normalized spacial score (nSPS) is 24.5. The van der Waals surface area contributed by atoms with Crippen LogP contribution in [0, 0.1) is 5.92 Å². The third-order valence-electron chi connectivity index (χ3n) is 2.44. The maximum absolute atomic E-state index is 11.6. The first-order valence-electron chi connectivity index (χ1n) is 4.54. The summed E-state index contributed by atoms with van der Waals surface area (Å²) in [6, 6.07) is 0. The highest BCUT2D eigenvalue weighted by Crippen LogP contribution is 2.29. The van der Waals surface area contributed by atoms with Crippen molar-refractivity contribution in [1.82, 2.24) is 0 Å². The van der Waals surface area contributed by atoms with Crippen molar-refractivity contribution in [2.45, 2.75) is 39.2 Å². The minimum atomic E-state index is -0.864. The number of carbonyl (C=O) groups is 1. The van der Waals surface area contributed by atoms with E-state index < -0.39 is 5.60 Å². The highest BCUT2D eigenvalue weighted by atomic mass is 17.1. The summed E-state index contributed by atoms with van der Waals surface area (Å²) in [6.07, 6.45) is 3.30. The highest BCUT2D eigenvalue weighted by Gasteiger charge is 2.32. The van der Waals surface area contributed by atoms with Gasteiger partial charge in [-0.2, -0.15) is 0 Å². The van der Waals surface area contributed by atoms with E-state index in [1.54, 1.807) is 13.8 Å². The van der Waals surface area contributed by atoms with Crippen molar-refractivity contribution >= 4 is 5.78 Å². The Morgan fingerprint density at radius 2 is 2.23 bits per heavy atom. The van der Waals surface area contributed by atoms with Gasteiger partial charge in [0.15, 0.2) is 5.78 Å². The molecule has 1 N–H and O–H groups in total. The minimum Gasteiger partial charge on any atom is -0.294 e. The van der Waals surface area contributed by atoms with Crippen LogP contribution < -0.4 is 0 Å². The lowest BCUT2D eigenvalue weighted by Crippen LogP contribution is -2.33. The fourth-order valence-corrected chi connectivity index (χ4v) is 1.57. The molecule has 0 heterocycles. The van der Waals surface area contributed by atoms with Gasteiger partial charge in [-0.15, -0.1) is 0 Å². The van der Waals surface area contributed by atoms with Crippen LogP contribution in [0.1, 0.15) is 33.6 Å². The maximum atomic E-state index is 11.6. The highest BCUT2D eigenvalue weighted by molar-refractivity contribution is 5.97. The van der Waals surface area contributed by atoms with E-state index in [2.05, 4.69) is 4.89 Å². The average molecular weight is 184 g/mol. The van der Waals surface area contributed by atoms with Crippen molar-refractivity contribution in [3.05, 3.63) is 11.6 Å². The fraction of sp³-hybridized carbons (Fsp3) is 0.700. The lowest BCUT2D eigenvalue weighted by molar-refractivity contribution is -0.300. The SMILES string of the molecule is CC1CC=C(C(C)(C)OO)C(=O)C1. The third-order valence-corrected chi connectivity index (χ3v) is 2.44. The molecular weight excluding hydrogens is 168 g/mol. The summed E-state index contributed by atoms with van der Waals surface area (Å²) >= 11 is 0. The first kappa shape index (κ1) is 10.4. The summed E-state index contributed by atoms with van der Waals surface area (Å²) in [4.78, 5) is 15.8. The molecule has 3 heteroatoms. The maximum Gasteiger partial charge on any atom is 0.161 e.